The van der Waals surface area contributed by atoms with Crippen LogP contribution in [0.1, 0.15) is 16.7 Å². The first-order chi connectivity index (χ1) is 21.0. The zero-order valence-electron chi connectivity index (χ0n) is 24.7. The second kappa shape index (κ2) is 24.5. The van der Waals surface area contributed by atoms with Crippen LogP contribution < -0.4 is 80.9 Å². The number of benzene rings is 3. The Morgan fingerprint density at radius 2 is 1.00 bits per heavy atom. The van der Waals surface area contributed by atoms with Crippen molar-refractivity contribution >= 4 is 99.7 Å². The molecule has 2 unspecified atom stereocenters. The second-order valence-electron chi connectivity index (χ2n) is 7.65. The first-order valence-electron chi connectivity index (χ1n) is 11.3. The van der Waals surface area contributed by atoms with Crippen molar-refractivity contribution in [1.29, 1.82) is 0 Å². The molecule has 48 heavy (non-hydrogen) atoms. The third-order valence-electron chi connectivity index (χ3n) is 4.61. The van der Waals surface area contributed by atoms with Gasteiger partial charge in [-0.3, -0.25) is 8.42 Å². The van der Waals surface area contributed by atoms with E-state index in [-0.39, 0.29) is 85.8 Å². The molecule has 0 aliphatic carbocycles. The summed E-state index contributed by atoms with van der Waals surface area (Å²) in [4.78, 5) is -0.253. The smallest absolute Gasteiger partial charge is 0.768 e. The van der Waals surface area contributed by atoms with Gasteiger partial charge in [0.05, 0.1) is 9.79 Å². The van der Waals surface area contributed by atoms with Crippen molar-refractivity contribution in [3.63, 3.8) is 0 Å². The van der Waals surface area contributed by atoms with Crippen LogP contribution in [0.15, 0.2) is 111 Å². The van der Waals surface area contributed by atoms with Crippen molar-refractivity contribution in [3.8, 4) is 0 Å². The van der Waals surface area contributed by atoms with Crippen LogP contribution in [0.2, 0.25) is 0 Å². The zero-order chi connectivity index (χ0) is 35.9. The van der Waals surface area contributed by atoms with Gasteiger partial charge < -0.3 is 9.11 Å². The van der Waals surface area contributed by atoms with Gasteiger partial charge in [0.15, 0.2) is 0 Å². The van der Waals surface area contributed by atoms with Crippen molar-refractivity contribution in [3.05, 3.63) is 109 Å². The van der Waals surface area contributed by atoms with Crippen LogP contribution in [0.4, 0.5) is 13.2 Å². The molecule has 254 valence electrons. The average molecular weight is 865 g/mol. The number of rotatable bonds is 7. The molecule has 0 heterocycles. The molecule has 0 aromatic heterocycles. The fraction of sp³-hybridized carbons (Fsp3) is 0.0400. The van der Waals surface area contributed by atoms with E-state index < -0.39 is 59.8 Å². The van der Waals surface area contributed by atoms with Gasteiger partial charge >= 0.3 is 86.5 Å². The van der Waals surface area contributed by atoms with E-state index in [1.807, 2.05) is 3.77 Å². The molecule has 0 saturated carbocycles. The van der Waals surface area contributed by atoms with Gasteiger partial charge in [-0.1, -0.05) is 74.4 Å². The quantitative estimate of drug-likeness (QED) is 0.191. The molecule has 0 aliphatic rings. The molecular weight excluding hydrogens is 844 g/mol. The molecular formula is C25H21Cl3F3KNNaO9S5. The summed E-state index contributed by atoms with van der Waals surface area (Å²) in [6.07, 6.45) is 4.67. The summed E-state index contributed by atoms with van der Waals surface area (Å²) in [6.45, 7) is 10.5. The van der Waals surface area contributed by atoms with E-state index in [0.29, 0.717) is 10.5 Å². The van der Waals surface area contributed by atoms with Gasteiger partial charge in [0.2, 0.25) is 9.23 Å². The largest absolute Gasteiger partial charge is 1.00 e. The number of sulfonamides is 1. The van der Waals surface area contributed by atoms with E-state index in [9.17, 15) is 47.5 Å². The van der Waals surface area contributed by atoms with Crippen LogP contribution in [-0.2, 0) is 49.4 Å². The molecule has 0 aliphatic heterocycles. The fourth-order valence-corrected chi connectivity index (χ4v) is 5.80. The van der Waals surface area contributed by atoms with E-state index in [4.69, 9.17) is 14.9 Å². The minimum atomic E-state index is -6.10. The topological polar surface area (TPSA) is 178 Å². The molecule has 2 atom stereocenters. The van der Waals surface area contributed by atoms with E-state index >= 15 is 0 Å². The fourth-order valence-electron chi connectivity index (χ4n) is 2.47. The standard InChI is InChI=1S/C9H8F3NO4S2.C8H7ClO2S.C8H8O2S.Cl2OS.K.Na/c1-2-7-3-5-8(6-4-7)18(14,15)13-19(16,17)9(10,11)12;1-2-7-3-5-8(6-4-7)12(9,10)11;1-2-7-3-5-8(6-4-7)11(9)10;1-4(2)3;;/h2-6H,1H2,(H,13,16,17);2-6H,1H2;2-6H,1H2,(H,9,10);;;/q;;;;2*+1/p-2. The van der Waals surface area contributed by atoms with Crippen LogP contribution in [0, 0.1) is 0 Å². The maximum absolute atomic E-state index is 12.0. The van der Waals surface area contributed by atoms with Gasteiger partial charge in [0.1, 0.15) is 10.0 Å². The van der Waals surface area contributed by atoms with E-state index in [1.165, 1.54) is 30.3 Å². The minimum absolute atomic E-state index is 0. The van der Waals surface area contributed by atoms with Gasteiger partial charge in [-0.05, 0) is 64.2 Å². The van der Waals surface area contributed by atoms with Crippen molar-refractivity contribution in [2.45, 2.75) is 20.2 Å². The third-order valence-corrected chi connectivity index (χ3v) is 9.66. The predicted octanol–water partition coefficient (Wildman–Crippen LogP) is 1.01. The summed E-state index contributed by atoms with van der Waals surface area (Å²) >= 11 is -2.12. The Morgan fingerprint density at radius 3 is 1.25 bits per heavy atom. The normalized spacial score (nSPS) is 12.5. The summed E-state index contributed by atoms with van der Waals surface area (Å²) in [7, 11) is -2.18. The Bertz CT molecular complexity index is 1890. The minimum Gasteiger partial charge on any atom is -0.768 e. The van der Waals surface area contributed by atoms with Crippen LogP contribution >= 0.6 is 32.0 Å². The third kappa shape index (κ3) is 20.9. The Kier molecular flexibility index (Phi) is 26.8. The Hall–Kier alpha value is 0.246. The molecule has 0 amide bonds. The van der Waals surface area contributed by atoms with E-state index in [0.717, 1.165) is 23.3 Å². The van der Waals surface area contributed by atoms with Gasteiger partial charge in [-0.25, -0.2) is 12.6 Å². The first-order valence-corrected chi connectivity index (χ1v) is 20.3. The van der Waals surface area contributed by atoms with Crippen molar-refractivity contribution in [2.75, 3.05) is 0 Å². The van der Waals surface area contributed by atoms with Crippen LogP contribution in [-0.4, -0.2) is 44.1 Å². The summed E-state index contributed by atoms with van der Waals surface area (Å²) in [5, 5.41) is 0. The molecule has 0 fully saturated rings. The first kappa shape index (κ1) is 52.6. The molecule has 0 radical (unpaired) electrons. The maximum atomic E-state index is 12.0. The molecule has 23 heteroatoms. The molecule has 10 nitrogen and oxygen atoms in total. The molecule has 0 spiro atoms. The number of hydrogen-bond donors (Lipinski definition) is 0. The molecule has 0 bridgehead atoms. The predicted molar refractivity (Wildman–Crippen MR) is 174 cm³/mol. The molecule has 3 aromatic carbocycles. The summed E-state index contributed by atoms with van der Waals surface area (Å²) in [6, 6.07) is 17.0. The van der Waals surface area contributed by atoms with Crippen LogP contribution in [0.3, 0.4) is 0 Å². The molecule has 3 rings (SSSR count). The molecule has 3 aromatic rings. The Morgan fingerprint density at radius 1 is 0.708 bits per heavy atom. The van der Waals surface area contributed by atoms with Crippen molar-refractivity contribution < 1.29 is 133 Å². The van der Waals surface area contributed by atoms with Gasteiger partial charge in [0, 0.05) is 36.9 Å². The van der Waals surface area contributed by atoms with Gasteiger partial charge in [-0.2, -0.15) is 21.6 Å². The number of nitrogens with zero attached hydrogens (tertiary/aromatic N) is 1. The van der Waals surface area contributed by atoms with Crippen molar-refractivity contribution in [1.82, 2.24) is 0 Å². The maximum Gasteiger partial charge on any atom is 1.00 e. The van der Waals surface area contributed by atoms with E-state index in [1.54, 1.807) is 48.6 Å². The number of hydrogen-bond acceptors (Lipinski definition) is 9. The Labute approximate surface area is 360 Å². The van der Waals surface area contributed by atoms with Crippen LogP contribution in [0.25, 0.3) is 18.2 Å². The zero-order valence-corrected chi connectivity index (χ0v) is 36.2. The summed E-state index contributed by atoms with van der Waals surface area (Å²) in [5.74, 6) is 0. The number of alkyl halides is 3. The number of halogens is 6. The van der Waals surface area contributed by atoms with Crippen molar-refractivity contribution in [2.24, 2.45) is 3.77 Å². The summed E-state index contributed by atoms with van der Waals surface area (Å²) in [5.41, 5.74) is -3.47. The molecule has 0 N–H and O–H groups in total. The Balaban J connectivity index is -0.000000609. The van der Waals surface area contributed by atoms with Gasteiger partial charge in [0.25, 0.3) is 19.1 Å². The monoisotopic (exact) mass is 863 g/mol. The average Bonchev–Trinajstić information content (AvgIpc) is 2.96. The van der Waals surface area contributed by atoms with Crippen LogP contribution in [0.5, 0.6) is 0 Å². The van der Waals surface area contributed by atoms with Gasteiger partial charge in [-0.15, -0.1) is 3.77 Å². The van der Waals surface area contributed by atoms with E-state index in [2.05, 4.69) is 41.1 Å². The SMILES string of the molecule is C=Cc1ccc(S(=O)(=O)Cl)cc1.C=Cc1ccc(S(=O)(=O)N=S(=O)([O-])C(F)(F)F)cc1.C=Cc1ccc(S(=O)[O-])cc1.O=S(Cl)Cl.[K+].[Na+]. The second-order valence-corrected chi connectivity index (χ2v) is 17.1. The molecule has 0 saturated heterocycles. The summed E-state index contributed by atoms with van der Waals surface area (Å²) < 4.78 is 134.